The number of carbonyl (C=O) groups is 2. The zero-order valence-corrected chi connectivity index (χ0v) is 15.2. The summed E-state index contributed by atoms with van der Waals surface area (Å²) in [6.45, 7) is 2.39. The summed E-state index contributed by atoms with van der Waals surface area (Å²) in [7, 11) is 0. The summed E-state index contributed by atoms with van der Waals surface area (Å²) in [5.74, 6) is -0.819. The number of non-ortho nitro benzene ring substituents is 1. The molecule has 0 bridgehead atoms. The molecule has 1 aromatic heterocycles. The number of rotatable bonds is 7. The second-order valence-corrected chi connectivity index (χ2v) is 6.21. The molecule has 1 amide bonds. The molecule has 2 aromatic carbocycles. The van der Waals surface area contributed by atoms with Gasteiger partial charge in [0.15, 0.2) is 0 Å². The zero-order chi connectivity index (χ0) is 20.1. The number of carbonyl (C=O) groups excluding carboxylic acids is 2. The summed E-state index contributed by atoms with van der Waals surface area (Å²) in [4.78, 5) is 37.9. The monoisotopic (exact) mass is 381 g/mol. The van der Waals surface area contributed by atoms with Crippen molar-refractivity contribution in [1.82, 2.24) is 4.98 Å². The number of nitro benzene ring substituents is 1. The molecule has 0 aliphatic carbocycles. The number of hydrogen-bond donors (Lipinski definition) is 2. The number of unbranched alkanes of at least 4 members (excludes halogenated alkanes) is 1. The van der Waals surface area contributed by atoms with Gasteiger partial charge in [-0.1, -0.05) is 13.3 Å². The first-order chi connectivity index (χ1) is 13.5. The summed E-state index contributed by atoms with van der Waals surface area (Å²) in [5, 5.41) is 14.1. The van der Waals surface area contributed by atoms with Crippen molar-refractivity contribution < 1.29 is 19.2 Å². The zero-order valence-electron chi connectivity index (χ0n) is 15.2. The van der Waals surface area contributed by atoms with Gasteiger partial charge in [0, 0.05) is 34.9 Å². The lowest BCUT2D eigenvalue weighted by atomic mass is 10.1. The second kappa shape index (κ2) is 8.34. The van der Waals surface area contributed by atoms with Crippen molar-refractivity contribution in [1.29, 1.82) is 0 Å². The molecule has 0 aliphatic rings. The molecule has 8 nitrogen and oxygen atoms in total. The molecule has 0 spiro atoms. The third kappa shape index (κ3) is 4.17. The van der Waals surface area contributed by atoms with Gasteiger partial charge in [-0.05, 0) is 36.8 Å². The molecule has 144 valence electrons. The average Bonchev–Trinajstić information content (AvgIpc) is 3.12. The third-order valence-electron chi connectivity index (χ3n) is 4.23. The van der Waals surface area contributed by atoms with E-state index in [9.17, 15) is 19.7 Å². The lowest BCUT2D eigenvalue weighted by molar-refractivity contribution is -0.384. The van der Waals surface area contributed by atoms with Gasteiger partial charge in [-0.2, -0.15) is 0 Å². The molecule has 3 rings (SSSR count). The number of esters is 1. The van der Waals surface area contributed by atoms with Gasteiger partial charge >= 0.3 is 5.97 Å². The third-order valence-corrected chi connectivity index (χ3v) is 4.23. The quantitative estimate of drug-likeness (QED) is 0.274. The molecule has 0 saturated heterocycles. The van der Waals surface area contributed by atoms with Crippen LogP contribution in [0.2, 0.25) is 0 Å². The Hall–Kier alpha value is -3.68. The molecule has 2 N–H and O–H groups in total. The van der Waals surface area contributed by atoms with E-state index in [0.29, 0.717) is 34.3 Å². The number of amides is 1. The van der Waals surface area contributed by atoms with Gasteiger partial charge in [0.05, 0.1) is 22.7 Å². The van der Waals surface area contributed by atoms with Crippen LogP contribution in [0.5, 0.6) is 0 Å². The molecular formula is C20H19N3O5. The fraction of sp³-hybridized carbons (Fsp3) is 0.200. The van der Waals surface area contributed by atoms with E-state index in [1.165, 1.54) is 18.3 Å². The maximum Gasteiger partial charge on any atom is 0.338 e. The summed E-state index contributed by atoms with van der Waals surface area (Å²) >= 11 is 0. The Morgan fingerprint density at radius 1 is 1.18 bits per heavy atom. The fourth-order valence-electron chi connectivity index (χ4n) is 2.69. The van der Waals surface area contributed by atoms with Crippen LogP contribution in [0.25, 0.3) is 10.9 Å². The number of anilines is 1. The highest BCUT2D eigenvalue weighted by molar-refractivity contribution is 6.13. The lowest BCUT2D eigenvalue weighted by Crippen LogP contribution is -2.12. The number of nitrogens with zero attached hydrogens (tertiary/aromatic N) is 1. The largest absolute Gasteiger partial charge is 0.462 e. The number of benzene rings is 2. The summed E-state index contributed by atoms with van der Waals surface area (Å²) in [6.07, 6.45) is 3.25. The first-order valence-corrected chi connectivity index (χ1v) is 8.83. The summed E-state index contributed by atoms with van der Waals surface area (Å²) < 4.78 is 5.14. The first-order valence-electron chi connectivity index (χ1n) is 8.83. The molecule has 0 fully saturated rings. The van der Waals surface area contributed by atoms with E-state index in [4.69, 9.17) is 4.74 Å². The molecule has 0 aliphatic heterocycles. The number of fused-ring (bicyclic) bond motifs is 1. The van der Waals surface area contributed by atoms with E-state index in [1.807, 2.05) is 6.92 Å². The molecular weight excluding hydrogens is 362 g/mol. The van der Waals surface area contributed by atoms with E-state index < -0.39 is 16.8 Å². The SMILES string of the molecule is CCCCOC(=O)c1ccc(NC(=O)c2c[nH]c3ccc([N+](=O)[O-])cc23)cc1. The van der Waals surface area contributed by atoms with Crippen LogP contribution in [0.3, 0.4) is 0 Å². The maximum atomic E-state index is 12.6. The molecule has 8 heteroatoms. The minimum atomic E-state index is -0.507. The van der Waals surface area contributed by atoms with Crippen molar-refractivity contribution >= 4 is 34.2 Å². The van der Waals surface area contributed by atoms with Gasteiger partial charge in [0.25, 0.3) is 11.6 Å². The Balaban J connectivity index is 1.73. The van der Waals surface area contributed by atoms with Crippen LogP contribution in [0, 0.1) is 10.1 Å². The predicted octanol–water partition coefficient (Wildman–Crippen LogP) is 4.29. The standard InChI is InChI=1S/C20H19N3O5/c1-2-3-10-28-20(25)13-4-6-14(7-5-13)22-19(24)17-12-21-18-9-8-15(23(26)27)11-16(17)18/h4-9,11-12,21H,2-3,10H2,1H3,(H,22,24). The maximum absolute atomic E-state index is 12.6. The molecule has 0 saturated carbocycles. The second-order valence-electron chi connectivity index (χ2n) is 6.21. The molecule has 3 aromatic rings. The van der Waals surface area contributed by atoms with E-state index in [0.717, 1.165) is 12.8 Å². The normalized spacial score (nSPS) is 10.6. The minimum Gasteiger partial charge on any atom is -0.462 e. The van der Waals surface area contributed by atoms with Gasteiger partial charge in [-0.25, -0.2) is 4.79 Å². The Morgan fingerprint density at radius 3 is 2.61 bits per heavy atom. The van der Waals surface area contributed by atoms with Crippen molar-refractivity contribution in [2.24, 2.45) is 0 Å². The molecule has 0 atom stereocenters. The van der Waals surface area contributed by atoms with Crippen LogP contribution in [0.15, 0.2) is 48.7 Å². The molecule has 1 heterocycles. The topological polar surface area (TPSA) is 114 Å². The van der Waals surface area contributed by atoms with Crippen molar-refractivity contribution in [3.8, 4) is 0 Å². The number of aromatic amines is 1. The van der Waals surface area contributed by atoms with Crippen molar-refractivity contribution in [3.05, 3.63) is 69.9 Å². The van der Waals surface area contributed by atoms with Crippen molar-refractivity contribution in [2.45, 2.75) is 19.8 Å². The Labute approximate surface area is 160 Å². The van der Waals surface area contributed by atoms with Crippen LogP contribution < -0.4 is 5.32 Å². The van der Waals surface area contributed by atoms with Crippen LogP contribution in [0.1, 0.15) is 40.5 Å². The van der Waals surface area contributed by atoms with Gasteiger partial charge in [-0.15, -0.1) is 0 Å². The smallest absolute Gasteiger partial charge is 0.338 e. The van der Waals surface area contributed by atoms with Crippen LogP contribution in [-0.4, -0.2) is 28.4 Å². The predicted molar refractivity (Wildman–Crippen MR) is 105 cm³/mol. The van der Waals surface area contributed by atoms with Crippen LogP contribution in [0.4, 0.5) is 11.4 Å². The molecule has 0 unspecified atom stereocenters. The molecule has 0 radical (unpaired) electrons. The number of aromatic nitrogens is 1. The van der Waals surface area contributed by atoms with E-state index >= 15 is 0 Å². The Morgan fingerprint density at radius 2 is 1.93 bits per heavy atom. The van der Waals surface area contributed by atoms with Gasteiger partial charge in [0.2, 0.25) is 0 Å². The lowest BCUT2D eigenvalue weighted by Gasteiger charge is -2.07. The summed E-state index contributed by atoms with van der Waals surface area (Å²) in [5.41, 5.74) is 1.72. The van der Waals surface area contributed by atoms with Crippen molar-refractivity contribution in [3.63, 3.8) is 0 Å². The fourth-order valence-corrected chi connectivity index (χ4v) is 2.69. The number of nitro groups is 1. The first kappa shape index (κ1) is 19.1. The van der Waals surface area contributed by atoms with Gasteiger partial charge < -0.3 is 15.0 Å². The van der Waals surface area contributed by atoms with E-state index in [1.54, 1.807) is 30.3 Å². The van der Waals surface area contributed by atoms with Gasteiger partial charge in [0.1, 0.15) is 0 Å². The Bertz CT molecular complexity index is 1020. The van der Waals surface area contributed by atoms with Gasteiger partial charge in [-0.3, -0.25) is 14.9 Å². The number of ether oxygens (including phenoxy) is 1. The highest BCUT2D eigenvalue weighted by atomic mass is 16.6. The van der Waals surface area contributed by atoms with Crippen LogP contribution in [-0.2, 0) is 4.74 Å². The number of nitrogens with one attached hydrogen (secondary N) is 2. The highest BCUT2D eigenvalue weighted by Gasteiger charge is 2.16. The average molecular weight is 381 g/mol. The highest BCUT2D eigenvalue weighted by Crippen LogP contribution is 2.24. The molecule has 28 heavy (non-hydrogen) atoms. The van der Waals surface area contributed by atoms with E-state index in [-0.39, 0.29) is 5.69 Å². The minimum absolute atomic E-state index is 0.0907. The van der Waals surface area contributed by atoms with E-state index in [2.05, 4.69) is 10.3 Å². The summed E-state index contributed by atoms with van der Waals surface area (Å²) in [6, 6.07) is 10.6. The Kier molecular flexibility index (Phi) is 5.69. The number of H-pyrrole nitrogens is 1. The van der Waals surface area contributed by atoms with Crippen molar-refractivity contribution in [2.75, 3.05) is 11.9 Å². The van der Waals surface area contributed by atoms with Crippen LogP contribution >= 0.6 is 0 Å². The number of hydrogen-bond acceptors (Lipinski definition) is 5.